The Bertz CT molecular complexity index is 357. The molecule has 86 valence electrons. The zero-order chi connectivity index (χ0) is 12.0. The van der Waals surface area contributed by atoms with Gasteiger partial charge >= 0.3 is 5.97 Å². The third-order valence-corrected chi connectivity index (χ3v) is 2.52. The molecule has 1 atom stereocenters. The van der Waals surface area contributed by atoms with Gasteiger partial charge in [-0.3, -0.25) is 9.59 Å². The summed E-state index contributed by atoms with van der Waals surface area (Å²) in [5.41, 5.74) is 0.478. The molecule has 1 aromatic carbocycles. The third-order valence-electron chi connectivity index (χ3n) is 2.52. The molecule has 0 saturated heterocycles. The SMILES string of the molecule is CCCCC(C(=O)O)C(=O)c1ccccc1. The van der Waals surface area contributed by atoms with Crippen LogP contribution in [0.25, 0.3) is 0 Å². The average Bonchev–Trinajstić information content (AvgIpc) is 2.30. The second kappa shape index (κ2) is 6.05. The zero-order valence-corrected chi connectivity index (χ0v) is 9.35. The highest BCUT2D eigenvalue weighted by Crippen LogP contribution is 2.15. The first-order valence-corrected chi connectivity index (χ1v) is 5.49. The molecule has 1 aromatic rings. The highest BCUT2D eigenvalue weighted by Gasteiger charge is 2.26. The molecule has 0 heterocycles. The largest absolute Gasteiger partial charge is 0.481 e. The summed E-state index contributed by atoms with van der Waals surface area (Å²) in [6, 6.07) is 8.60. The second-order valence-electron chi connectivity index (χ2n) is 3.76. The van der Waals surface area contributed by atoms with Crippen LogP contribution < -0.4 is 0 Å². The van der Waals surface area contributed by atoms with E-state index in [1.165, 1.54) is 0 Å². The van der Waals surface area contributed by atoms with Crippen molar-refractivity contribution in [3.05, 3.63) is 35.9 Å². The number of benzene rings is 1. The fourth-order valence-corrected chi connectivity index (χ4v) is 1.58. The van der Waals surface area contributed by atoms with Gasteiger partial charge < -0.3 is 5.11 Å². The summed E-state index contributed by atoms with van der Waals surface area (Å²) in [6.45, 7) is 1.98. The van der Waals surface area contributed by atoms with Crippen LogP contribution in [0.2, 0.25) is 0 Å². The molecule has 0 spiro atoms. The fourth-order valence-electron chi connectivity index (χ4n) is 1.58. The van der Waals surface area contributed by atoms with E-state index in [1.54, 1.807) is 30.3 Å². The Morgan fingerprint density at radius 1 is 1.25 bits per heavy atom. The number of Topliss-reactive ketones (excluding diaryl/α,β-unsaturated/α-hetero) is 1. The van der Waals surface area contributed by atoms with Crippen molar-refractivity contribution in [2.75, 3.05) is 0 Å². The van der Waals surface area contributed by atoms with E-state index >= 15 is 0 Å². The van der Waals surface area contributed by atoms with Crippen LogP contribution in [0.1, 0.15) is 36.5 Å². The first kappa shape index (κ1) is 12.4. The molecule has 3 nitrogen and oxygen atoms in total. The predicted octanol–water partition coefficient (Wildman–Crippen LogP) is 2.76. The Kier molecular flexibility index (Phi) is 4.70. The van der Waals surface area contributed by atoms with Crippen LogP contribution in [0.3, 0.4) is 0 Å². The molecule has 1 N–H and O–H groups in total. The Morgan fingerprint density at radius 3 is 2.38 bits per heavy atom. The van der Waals surface area contributed by atoms with E-state index < -0.39 is 11.9 Å². The van der Waals surface area contributed by atoms with Gasteiger partial charge in [0.05, 0.1) is 0 Å². The van der Waals surface area contributed by atoms with Gasteiger partial charge in [-0.05, 0) is 6.42 Å². The first-order chi connectivity index (χ1) is 7.66. The third kappa shape index (κ3) is 3.19. The lowest BCUT2D eigenvalue weighted by Gasteiger charge is -2.10. The van der Waals surface area contributed by atoms with E-state index in [0.717, 1.165) is 12.8 Å². The Labute approximate surface area is 95.1 Å². The number of carbonyl (C=O) groups excluding carboxylic acids is 1. The summed E-state index contributed by atoms with van der Waals surface area (Å²) >= 11 is 0. The molecule has 0 bridgehead atoms. The molecule has 0 aromatic heterocycles. The summed E-state index contributed by atoms with van der Waals surface area (Å²) in [5, 5.41) is 9.01. The fraction of sp³-hybridized carbons (Fsp3) is 0.385. The van der Waals surface area contributed by atoms with Crippen molar-refractivity contribution in [1.82, 2.24) is 0 Å². The maximum atomic E-state index is 11.9. The number of carboxylic acids is 1. The number of carbonyl (C=O) groups is 2. The molecule has 3 heteroatoms. The normalized spacial score (nSPS) is 12.1. The van der Waals surface area contributed by atoms with Gasteiger partial charge in [-0.2, -0.15) is 0 Å². The average molecular weight is 220 g/mol. The van der Waals surface area contributed by atoms with Gasteiger partial charge in [0.1, 0.15) is 5.92 Å². The smallest absolute Gasteiger partial charge is 0.314 e. The van der Waals surface area contributed by atoms with Crippen LogP contribution in [0.4, 0.5) is 0 Å². The Hall–Kier alpha value is -1.64. The first-order valence-electron chi connectivity index (χ1n) is 5.49. The highest BCUT2D eigenvalue weighted by atomic mass is 16.4. The number of carboxylic acid groups (broad SMARTS) is 1. The molecule has 0 amide bonds. The predicted molar refractivity (Wildman–Crippen MR) is 61.4 cm³/mol. The Morgan fingerprint density at radius 2 is 1.88 bits per heavy atom. The molecule has 16 heavy (non-hydrogen) atoms. The van der Waals surface area contributed by atoms with Gasteiger partial charge in [0.25, 0.3) is 0 Å². The van der Waals surface area contributed by atoms with Gasteiger partial charge in [-0.25, -0.2) is 0 Å². The monoisotopic (exact) mass is 220 g/mol. The molecule has 0 aliphatic carbocycles. The summed E-state index contributed by atoms with van der Waals surface area (Å²) in [7, 11) is 0. The standard InChI is InChI=1S/C13H16O3/c1-2-3-9-11(13(15)16)12(14)10-7-5-4-6-8-10/h4-8,11H,2-3,9H2,1H3,(H,15,16). The molecule has 0 aliphatic rings. The van der Waals surface area contributed by atoms with Crippen molar-refractivity contribution in [3.63, 3.8) is 0 Å². The van der Waals surface area contributed by atoms with Crippen molar-refractivity contribution in [2.24, 2.45) is 5.92 Å². The minimum Gasteiger partial charge on any atom is -0.481 e. The van der Waals surface area contributed by atoms with E-state index in [-0.39, 0.29) is 5.78 Å². The second-order valence-corrected chi connectivity index (χ2v) is 3.76. The molecule has 0 fully saturated rings. The van der Waals surface area contributed by atoms with Crippen molar-refractivity contribution in [2.45, 2.75) is 26.2 Å². The maximum Gasteiger partial charge on any atom is 0.314 e. The highest BCUT2D eigenvalue weighted by molar-refractivity contribution is 6.08. The summed E-state index contributed by atoms with van der Waals surface area (Å²) in [4.78, 5) is 22.9. The van der Waals surface area contributed by atoms with Gasteiger partial charge in [0.15, 0.2) is 5.78 Å². The number of hydrogen-bond acceptors (Lipinski definition) is 2. The molecule has 0 radical (unpaired) electrons. The number of rotatable bonds is 6. The van der Waals surface area contributed by atoms with Crippen molar-refractivity contribution in [1.29, 1.82) is 0 Å². The van der Waals surface area contributed by atoms with Crippen LogP contribution in [-0.2, 0) is 4.79 Å². The Balaban J connectivity index is 2.79. The lowest BCUT2D eigenvalue weighted by Crippen LogP contribution is -2.23. The van der Waals surface area contributed by atoms with Crippen LogP contribution in [0, 0.1) is 5.92 Å². The van der Waals surface area contributed by atoms with Crippen LogP contribution in [0.5, 0.6) is 0 Å². The van der Waals surface area contributed by atoms with Crippen molar-refractivity contribution < 1.29 is 14.7 Å². The van der Waals surface area contributed by atoms with Gasteiger partial charge in [0.2, 0.25) is 0 Å². The number of unbranched alkanes of at least 4 members (excludes halogenated alkanes) is 1. The van der Waals surface area contributed by atoms with E-state index in [9.17, 15) is 9.59 Å². The summed E-state index contributed by atoms with van der Waals surface area (Å²) in [5.74, 6) is -2.22. The van der Waals surface area contributed by atoms with Crippen LogP contribution in [0.15, 0.2) is 30.3 Å². The topological polar surface area (TPSA) is 54.4 Å². The van der Waals surface area contributed by atoms with E-state index in [2.05, 4.69) is 0 Å². The molecular weight excluding hydrogens is 204 g/mol. The quantitative estimate of drug-likeness (QED) is 0.592. The molecule has 0 saturated carbocycles. The number of ketones is 1. The number of hydrogen-bond donors (Lipinski definition) is 1. The van der Waals surface area contributed by atoms with E-state index in [1.807, 2.05) is 6.92 Å². The maximum absolute atomic E-state index is 11.9. The zero-order valence-electron chi connectivity index (χ0n) is 9.35. The molecule has 0 aliphatic heterocycles. The molecule has 1 rings (SSSR count). The molecular formula is C13H16O3. The van der Waals surface area contributed by atoms with Crippen molar-refractivity contribution in [3.8, 4) is 0 Å². The summed E-state index contributed by atoms with van der Waals surface area (Å²) in [6.07, 6.45) is 2.07. The van der Waals surface area contributed by atoms with Crippen molar-refractivity contribution >= 4 is 11.8 Å². The minimum absolute atomic E-state index is 0.290. The van der Waals surface area contributed by atoms with Gasteiger partial charge in [0, 0.05) is 5.56 Å². The lowest BCUT2D eigenvalue weighted by molar-refractivity contribution is -0.140. The van der Waals surface area contributed by atoms with E-state index in [4.69, 9.17) is 5.11 Å². The van der Waals surface area contributed by atoms with Crippen LogP contribution >= 0.6 is 0 Å². The number of aliphatic carboxylic acids is 1. The minimum atomic E-state index is -1.03. The lowest BCUT2D eigenvalue weighted by atomic mass is 9.93. The van der Waals surface area contributed by atoms with E-state index in [0.29, 0.717) is 12.0 Å². The summed E-state index contributed by atoms with van der Waals surface area (Å²) < 4.78 is 0. The van der Waals surface area contributed by atoms with Gasteiger partial charge in [-0.15, -0.1) is 0 Å². The van der Waals surface area contributed by atoms with Crippen LogP contribution in [-0.4, -0.2) is 16.9 Å². The van der Waals surface area contributed by atoms with Gasteiger partial charge in [-0.1, -0.05) is 50.1 Å². The molecule has 1 unspecified atom stereocenters.